The van der Waals surface area contributed by atoms with Crippen molar-refractivity contribution in [3.8, 4) is 0 Å². The second-order valence-corrected chi connectivity index (χ2v) is 9.51. The van der Waals surface area contributed by atoms with Gasteiger partial charge in [0.25, 0.3) is 5.91 Å². The van der Waals surface area contributed by atoms with E-state index in [2.05, 4.69) is 5.10 Å². The molecule has 170 valence electrons. The van der Waals surface area contributed by atoms with Gasteiger partial charge in [0.05, 0.1) is 0 Å². The lowest BCUT2D eigenvalue weighted by Gasteiger charge is -2.35. The summed E-state index contributed by atoms with van der Waals surface area (Å²) >= 11 is 0. The molecule has 4 rings (SSSR count). The summed E-state index contributed by atoms with van der Waals surface area (Å²) in [6.07, 6.45) is 5.57. The predicted octanol–water partition coefficient (Wildman–Crippen LogP) is 1.83. The van der Waals surface area contributed by atoms with Gasteiger partial charge in [-0.15, -0.1) is 0 Å². The SMILES string of the molecule is CC(C)C(=O)N1CCc2c(c(C(=O)N3CCC(C(=O)N4CCCCC4)CC3)nn2C)C1. The molecule has 4 heterocycles. The van der Waals surface area contributed by atoms with Crippen molar-refractivity contribution in [1.82, 2.24) is 24.5 Å². The van der Waals surface area contributed by atoms with Crippen molar-refractivity contribution in [2.24, 2.45) is 18.9 Å². The zero-order valence-corrected chi connectivity index (χ0v) is 19.1. The molecule has 0 saturated carbocycles. The molecule has 0 radical (unpaired) electrons. The highest BCUT2D eigenvalue weighted by Gasteiger charge is 2.35. The maximum Gasteiger partial charge on any atom is 0.274 e. The molecular formula is C23H35N5O3. The van der Waals surface area contributed by atoms with E-state index in [0.717, 1.165) is 43.6 Å². The standard InChI is InChI=1S/C23H35N5O3/c1-16(2)21(29)28-14-9-19-18(15-28)20(24-25(19)3)23(31)27-12-7-17(8-13-27)22(30)26-10-5-4-6-11-26/h16-17H,4-15H2,1-3H3. The summed E-state index contributed by atoms with van der Waals surface area (Å²) < 4.78 is 1.80. The van der Waals surface area contributed by atoms with Gasteiger partial charge >= 0.3 is 0 Å². The van der Waals surface area contributed by atoms with Crippen LogP contribution in [0.3, 0.4) is 0 Å². The Balaban J connectivity index is 1.42. The van der Waals surface area contributed by atoms with Gasteiger partial charge in [0.15, 0.2) is 5.69 Å². The fourth-order valence-corrected chi connectivity index (χ4v) is 5.17. The first-order valence-electron chi connectivity index (χ1n) is 11.8. The van der Waals surface area contributed by atoms with Crippen LogP contribution in [0.25, 0.3) is 0 Å². The molecule has 0 aromatic carbocycles. The van der Waals surface area contributed by atoms with Crippen LogP contribution in [0.4, 0.5) is 0 Å². The first-order valence-corrected chi connectivity index (χ1v) is 11.8. The number of aryl methyl sites for hydroxylation is 1. The number of nitrogens with zero attached hydrogens (tertiary/aromatic N) is 5. The molecule has 0 atom stereocenters. The summed E-state index contributed by atoms with van der Waals surface area (Å²) in [6.45, 7) is 7.86. The Labute approximate surface area is 184 Å². The lowest BCUT2D eigenvalue weighted by molar-refractivity contribution is -0.138. The van der Waals surface area contributed by atoms with Crippen molar-refractivity contribution in [2.75, 3.05) is 32.7 Å². The molecule has 31 heavy (non-hydrogen) atoms. The predicted molar refractivity (Wildman–Crippen MR) is 116 cm³/mol. The highest BCUT2D eigenvalue weighted by Crippen LogP contribution is 2.27. The Kier molecular flexibility index (Phi) is 6.34. The van der Waals surface area contributed by atoms with Gasteiger partial charge in [0, 0.05) is 75.8 Å². The fourth-order valence-electron chi connectivity index (χ4n) is 5.17. The van der Waals surface area contributed by atoms with Crippen molar-refractivity contribution in [1.29, 1.82) is 0 Å². The minimum Gasteiger partial charge on any atom is -0.342 e. The normalized spacial score (nSPS) is 20.2. The largest absolute Gasteiger partial charge is 0.342 e. The third-order valence-corrected chi connectivity index (χ3v) is 7.05. The lowest BCUT2D eigenvalue weighted by atomic mass is 9.94. The molecule has 3 aliphatic rings. The van der Waals surface area contributed by atoms with Crippen molar-refractivity contribution in [3.05, 3.63) is 17.0 Å². The third-order valence-electron chi connectivity index (χ3n) is 7.05. The van der Waals surface area contributed by atoms with Crippen molar-refractivity contribution in [3.63, 3.8) is 0 Å². The molecule has 8 heteroatoms. The summed E-state index contributed by atoms with van der Waals surface area (Å²) in [7, 11) is 1.87. The zero-order valence-electron chi connectivity index (χ0n) is 19.1. The number of aromatic nitrogens is 2. The van der Waals surface area contributed by atoms with Crippen molar-refractivity contribution < 1.29 is 14.4 Å². The van der Waals surface area contributed by atoms with Gasteiger partial charge in [-0.05, 0) is 32.1 Å². The van der Waals surface area contributed by atoms with E-state index in [0.29, 0.717) is 44.7 Å². The number of likely N-dealkylation sites (tertiary alicyclic amines) is 2. The van der Waals surface area contributed by atoms with Gasteiger partial charge in [0.2, 0.25) is 11.8 Å². The number of carbonyl (C=O) groups is 3. The monoisotopic (exact) mass is 429 g/mol. The van der Waals surface area contributed by atoms with E-state index in [1.807, 2.05) is 35.6 Å². The maximum absolute atomic E-state index is 13.3. The maximum atomic E-state index is 13.3. The van der Waals surface area contributed by atoms with E-state index < -0.39 is 0 Å². The van der Waals surface area contributed by atoms with Crippen LogP contribution in [0.2, 0.25) is 0 Å². The van der Waals surface area contributed by atoms with Gasteiger partial charge in [-0.25, -0.2) is 0 Å². The highest BCUT2D eigenvalue weighted by atomic mass is 16.2. The highest BCUT2D eigenvalue weighted by molar-refractivity contribution is 5.94. The summed E-state index contributed by atoms with van der Waals surface area (Å²) in [6, 6.07) is 0. The van der Waals surface area contributed by atoms with Gasteiger partial charge in [0.1, 0.15) is 0 Å². The molecule has 2 fully saturated rings. The fraction of sp³-hybridized carbons (Fsp3) is 0.739. The number of hydrogen-bond donors (Lipinski definition) is 0. The summed E-state index contributed by atoms with van der Waals surface area (Å²) in [5.74, 6) is 0.280. The van der Waals surface area contributed by atoms with E-state index in [1.165, 1.54) is 6.42 Å². The molecule has 0 bridgehead atoms. The van der Waals surface area contributed by atoms with Crippen LogP contribution in [0.1, 0.15) is 67.7 Å². The minimum atomic E-state index is -0.0698. The number of carbonyl (C=O) groups excluding carboxylic acids is 3. The smallest absolute Gasteiger partial charge is 0.274 e. The van der Waals surface area contributed by atoms with E-state index in [4.69, 9.17) is 0 Å². The zero-order chi connectivity index (χ0) is 22.1. The van der Waals surface area contributed by atoms with Crippen LogP contribution < -0.4 is 0 Å². The molecule has 1 aromatic heterocycles. The number of amides is 3. The second-order valence-electron chi connectivity index (χ2n) is 9.51. The van der Waals surface area contributed by atoms with Gasteiger partial charge in [-0.3, -0.25) is 19.1 Å². The molecule has 0 N–H and O–H groups in total. The van der Waals surface area contributed by atoms with Gasteiger partial charge in [-0.2, -0.15) is 5.10 Å². The van der Waals surface area contributed by atoms with E-state index in [9.17, 15) is 14.4 Å². The van der Waals surface area contributed by atoms with Gasteiger partial charge < -0.3 is 14.7 Å². The first-order chi connectivity index (χ1) is 14.9. The second kappa shape index (κ2) is 9.01. The van der Waals surface area contributed by atoms with E-state index in [1.54, 1.807) is 4.68 Å². The third kappa shape index (κ3) is 4.34. The minimum absolute atomic E-state index is 0.0268. The molecule has 2 saturated heterocycles. The number of hydrogen-bond acceptors (Lipinski definition) is 4. The van der Waals surface area contributed by atoms with E-state index >= 15 is 0 Å². The van der Waals surface area contributed by atoms with Crippen LogP contribution in [0, 0.1) is 11.8 Å². The van der Waals surface area contributed by atoms with Crippen molar-refractivity contribution >= 4 is 17.7 Å². The molecular weight excluding hydrogens is 394 g/mol. The quantitative estimate of drug-likeness (QED) is 0.734. The first kappa shape index (κ1) is 21.8. The van der Waals surface area contributed by atoms with Crippen LogP contribution in [0.15, 0.2) is 0 Å². The summed E-state index contributed by atoms with van der Waals surface area (Å²) in [5.41, 5.74) is 2.41. The number of rotatable bonds is 3. The van der Waals surface area contributed by atoms with Gasteiger partial charge in [-0.1, -0.05) is 13.8 Å². The average Bonchev–Trinajstić information content (AvgIpc) is 3.14. The number of fused-ring (bicyclic) bond motifs is 1. The molecule has 0 spiro atoms. The summed E-state index contributed by atoms with van der Waals surface area (Å²) in [4.78, 5) is 44.3. The van der Waals surface area contributed by atoms with Crippen LogP contribution in [-0.4, -0.2) is 74.9 Å². The molecule has 8 nitrogen and oxygen atoms in total. The molecule has 3 aliphatic heterocycles. The molecule has 0 unspecified atom stereocenters. The number of piperidine rings is 2. The molecule has 0 aliphatic carbocycles. The lowest BCUT2D eigenvalue weighted by Crippen LogP contribution is -2.46. The topological polar surface area (TPSA) is 78.8 Å². The average molecular weight is 430 g/mol. The van der Waals surface area contributed by atoms with Crippen LogP contribution in [0.5, 0.6) is 0 Å². The van der Waals surface area contributed by atoms with Crippen LogP contribution >= 0.6 is 0 Å². The molecule has 1 aromatic rings. The van der Waals surface area contributed by atoms with E-state index in [-0.39, 0.29) is 29.6 Å². The summed E-state index contributed by atoms with van der Waals surface area (Å²) in [5, 5.41) is 4.55. The van der Waals surface area contributed by atoms with Crippen LogP contribution in [-0.2, 0) is 29.6 Å². The Morgan fingerprint density at radius 1 is 0.903 bits per heavy atom. The van der Waals surface area contributed by atoms with Crippen molar-refractivity contribution in [2.45, 2.75) is 58.9 Å². The Morgan fingerprint density at radius 2 is 1.58 bits per heavy atom. The molecule has 3 amide bonds. The Bertz CT molecular complexity index is 848. The Morgan fingerprint density at radius 3 is 2.23 bits per heavy atom. The Hall–Kier alpha value is -2.38.